The van der Waals surface area contributed by atoms with E-state index in [-0.39, 0.29) is 5.41 Å². The third-order valence-electron chi connectivity index (χ3n) is 1.88. The van der Waals surface area contributed by atoms with Gasteiger partial charge in [-0.15, -0.1) is 0 Å². The molecular weight excluding hydrogens is 151 g/mol. The molecule has 0 spiro atoms. The third kappa shape index (κ3) is 2.93. The van der Waals surface area contributed by atoms with Gasteiger partial charge in [-0.3, -0.25) is 0 Å². The Labute approximate surface area is 62.3 Å². The predicted octanol–water partition coefficient (Wildman–Crippen LogP) is 0.893. The van der Waals surface area contributed by atoms with E-state index in [1.54, 1.807) is 6.92 Å². The maximum absolute atomic E-state index is 8.87. The van der Waals surface area contributed by atoms with Crippen molar-refractivity contribution in [3.8, 4) is 0 Å². The predicted molar refractivity (Wildman–Crippen MR) is 43.9 cm³/mol. The molecule has 0 saturated heterocycles. The molecule has 0 aromatic carbocycles. The zero-order chi connectivity index (χ0) is 8.58. The molecule has 0 bridgehead atoms. The van der Waals surface area contributed by atoms with Gasteiger partial charge in [0.1, 0.15) is 0 Å². The second kappa shape index (κ2) is 2.74. The summed E-state index contributed by atoms with van der Waals surface area (Å²) in [5, 5.41) is 0. The zero-order valence-electron chi connectivity index (χ0n) is 6.92. The molecule has 0 aliphatic carbocycles. The molecule has 0 aromatic heterocycles. The van der Waals surface area contributed by atoms with Crippen LogP contribution in [0.4, 0.5) is 0 Å². The summed E-state index contributed by atoms with van der Waals surface area (Å²) in [6.45, 7) is 7.23. The van der Waals surface area contributed by atoms with Crippen LogP contribution in [-0.2, 0) is 0 Å². The van der Waals surface area contributed by atoms with Crippen LogP contribution in [0.15, 0.2) is 0 Å². The topological polar surface area (TPSA) is 60.7 Å². The zero-order valence-corrected chi connectivity index (χ0v) is 7.92. The van der Waals surface area contributed by atoms with E-state index in [1.165, 1.54) is 0 Å². The van der Waals surface area contributed by atoms with Gasteiger partial charge in [-0.2, -0.15) is 0 Å². The third-order valence-corrected chi connectivity index (χ3v) is 3.91. The van der Waals surface area contributed by atoms with Gasteiger partial charge in [-0.05, 0) is 0 Å². The van der Waals surface area contributed by atoms with E-state index in [1.807, 2.05) is 20.8 Å². The van der Waals surface area contributed by atoms with Crippen molar-refractivity contribution < 1.29 is 14.7 Å². The van der Waals surface area contributed by atoms with E-state index in [4.69, 9.17) is 14.7 Å². The Bertz CT molecular complexity index is 97.1. The van der Waals surface area contributed by atoms with Gasteiger partial charge in [0.25, 0.3) is 0 Å². The Balaban J connectivity index is 4.23. The molecule has 10 heavy (non-hydrogen) atoms. The molecule has 3 N–H and O–H groups in total. The minimum atomic E-state index is -3.90. The van der Waals surface area contributed by atoms with E-state index in [0.717, 1.165) is 0 Å². The molecule has 0 fully saturated rings. The molecule has 0 rings (SSSR count). The summed E-state index contributed by atoms with van der Waals surface area (Å²) in [5.41, 5.74) is -0.676. The van der Waals surface area contributed by atoms with Crippen molar-refractivity contribution in [3.05, 3.63) is 0 Å². The molecule has 0 saturated carbocycles. The molecule has 0 aliphatic heterocycles. The monoisotopic (exact) mass is 168 g/mol. The fourth-order valence-electron chi connectivity index (χ4n) is 0.581. The van der Waals surface area contributed by atoms with Crippen molar-refractivity contribution in [1.29, 1.82) is 0 Å². The van der Waals surface area contributed by atoms with Gasteiger partial charge < -0.3 is 0 Å². The number of hydrogen-bond donors (Lipinski definition) is 3. The second-order valence-corrected chi connectivity index (χ2v) is 6.02. The molecule has 0 amide bonds. The molecule has 4 heteroatoms. The fourth-order valence-corrected chi connectivity index (χ4v) is 1.74. The van der Waals surface area contributed by atoms with Crippen LogP contribution in [0.5, 0.6) is 0 Å². The van der Waals surface area contributed by atoms with Gasteiger partial charge in [0.2, 0.25) is 0 Å². The van der Waals surface area contributed by atoms with Crippen molar-refractivity contribution >= 4 is 7.94 Å². The van der Waals surface area contributed by atoms with Crippen LogP contribution >= 0.6 is 7.94 Å². The first-order chi connectivity index (χ1) is 4.15. The van der Waals surface area contributed by atoms with Gasteiger partial charge in [-0.1, -0.05) is 0 Å². The summed E-state index contributed by atoms with van der Waals surface area (Å²) in [6, 6.07) is 0. The first-order valence-corrected chi connectivity index (χ1v) is 5.24. The molecular formula is C6H17O3P. The Morgan fingerprint density at radius 1 is 1.10 bits per heavy atom. The van der Waals surface area contributed by atoms with E-state index in [9.17, 15) is 0 Å². The summed E-state index contributed by atoms with van der Waals surface area (Å²) in [7, 11) is -3.90. The van der Waals surface area contributed by atoms with Gasteiger partial charge in [0.15, 0.2) is 0 Å². The van der Waals surface area contributed by atoms with Crippen molar-refractivity contribution in [2.45, 2.75) is 33.4 Å². The minimum absolute atomic E-state index is 0.246. The SMILES string of the molecule is CC(C(C)(C)C)[PH](O)(O)O. The van der Waals surface area contributed by atoms with Gasteiger partial charge in [0, 0.05) is 0 Å². The number of hydrogen-bond acceptors (Lipinski definition) is 3. The van der Waals surface area contributed by atoms with Gasteiger partial charge in [0.05, 0.1) is 0 Å². The van der Waals surface area contributed by atoms with Crippen molar-refractivity contribution in [1.82, 2.24) is 0 Å². The molecule has 3 nitrogen and oxygen atoms in total. The van der Waals surface area contributed by atoms with Crippen LogP contribution in [0.2, 0.25) is 0 Å². The van der Waals surface area contributed by atoms with Crippen molar-refractivity contribution in [3.63, 3.8) is 0 Å². The second-order valence-electron chi connectivity index (χ2n) is 3.78. The van der Waals surface area contributed by atoms with Crippen LogP contribution in [0, 0.1) is 5.41 Å². The van der Waals surface area contributed by atoms with E-state index in [2.05, 4.69) is 0 Å². The fraction of sp³-hybridized carbons (Fsp3) is 1.00. The number of rotatable bonds is 1. The summed E-state index contributed by atoms with van der Waals surface area (Å²) in [6.07, 6.45) is 0. The normalized spacial score (nSPS) is 18.7. The van der Waals surface area contributed by atoms with E-state index in [0.29, 0.717) is 0 Å². The van der Waals surface area contributed by atoms with Crippen LogP contribution in [-0.4, -0.2) is 20.3 Å². The van der Waals surface area contributed by atoms with E-state index < -0.39 is 13.6 Å². The first kappa shape index (κ1) is 10.3. The van der Waals surface area contributed by atoms with Crippen LogP contribution < -0.4 is 0 Å². The molecule has 64 valence electrons. The molecule has 0 aromatic rings. The standard InChI is InChI=1S/C6H17O3P/c1-5(6(2,3)4)10(7,8)9/h5,7-10H,1-4H3. The van der Waals surface area contributed by atoms with Crippen molar-refractivity contribution in [2.24, 2.45) is 5.41 Å². The van der Waals surface area contributed by atoms with Crippen LogP contribution in [0.1, 0.15) is 27.7 Å². The average molecular weight is 168 g/mol. The average Bonchev–Trinajstić information content (AvgIpc) is 1.59. The molecule has 1 atom stereocenters. The molecule has 1 unspecified atom stereocenters. The molecule has 0 aliphatic rings. The van der Waals surface area contributed by atoms with Gasteiger partial charge >= 0.3 is 61.4 Å². The van der Waals surface area contributed by atoms with E-state index >= 15 is 0 Å². The maximum atomic E-state index is 8.87. The Morgan fingerprint density at radius 3 is 1.40 bits per heavy atom. The summed E-state index contributed by atoms with van der Waals surface area (Å²) in [4.78, 5) is 26.6. The summed E-state index contributed by atoms with van der Waals surface area (Å²) in [5.74, 6) is 0. The van der Waals surface area contributed by atoms with Gasteiger partial charge in [-0.25, -0.2) is 0 Å². The first-order valence-electron chi connectivity index (χ1n) is 3.33. The Kier molecular flexibility index (Phi) is 2.83. The summed E-state index contributed by atoms with van der Waals surface area (Å²) >= 11 is 0. The Hall–Kier alpha value is 0.310. The van der Waals surface area contributed by atoms with Crippen LogP contribution in [0.25, 0.3) is 0 Å². The van der Waals surface area contributed by atoms with Crippen molar-refractivity contribution in [2.75, 3.05) is 0 Å². The Morgan fingerprint density at radius 2 is 1.40 bits per heavy atom. The molecule has 0 radical (unpaired) electrons. The molecule has 0 heterocycles. The quantitative estimate of drug-likeness (QED) is 0.509. The summed E-state index contributed by atoms with van der Waals surface area (Å²) < 4.78 is 0. The van der Waals surface area contributed by atoms with Crippen LogP contribution in [0.3, 0.4) is 0 Å².